The van der Waals surface area contributed by atoms with Gasteiger partial charge in [0.05, 0.1) is 13.2 Å². The van der Waals surface area contributed by atoms with E-state index < -0.39 is 0 Å². The van der Waals surface area contributed by atoms with Gasteiger partial charge < -0.3 is 10.1 Å². The number of carbonyl (C=O) groups excluding carboxylic acids is 2. The van der Waals surface area contributed by atoms with Crippen LogP contribution in [0.1, 0.15) is 26.7 Å². The molecule has 2 amide bonds. The van der Waals surface area contributed by atoms with Gasteiger partial charge in [0, 0.05) is 45.6 Å². The highest BCUT2D eigenvalue weighted by atomic mass is 16.5. The monoisotopic (exact) mass is 310 g/mol. The van der Waals surface area contributed by atoms with Crippen LogP contribution in [0, 0.1) is 5.92 Å². The summed E-state index contributed by atoms with van der Waals surface area (Å²) in [6, 6.07) is 0.288. The lowest BCUT2D eigenvalue weighted by Crippen LogP contribution is -2.52. The topological polar surface area (TPSA) is 74.2 Å². The first-order valence-electron chi connectivity index (χ1n) is 7.93. The molecule has 7 heteroatoms. The zero-order valence-electron chi connectivity index (χ0n) is 13.7. The van der Waals surface area contributed by atoms with Crippen LogP contribution in [0.15, 0.2) is 5.10 Å². The molecule has 0 spiro atoms. The Bertz CT molecular complexity index is 444. The van der Waals surface area contributed by atoms with Crippen molar-refractivity contribution in [1.29, 1.82) is 0 Å². The van der Waals surface area contributed by atoms with Crippen LogP contribution in [0.4, 0.5) is 0 Å². The van der Waals surface area contributed by atoms with Crippen LogP contribution in [0.2, 0.25) is 0 Å². The smallest absolute Gasteiger partial charge is 0.267 e. The molecule has 2 rings (SSSR count). The third kappa shape index (κ3) is 4.27. The Labute approximate surface area is 131 Å². The summed E-state index contributed by atoms with van der Waals surface area (Å²) in [5.41, 5.74) is 0.437. The summed E-state index contributed by atoms with van der Waals surface area (Å²) in [6.07, 6.45) is 0.763. The molecule has 22 heavy (non-hydrogen) atoms. The third-order valence-corrected chi connectivity index (χ3v) is 4.23. The van der Waals surface area contributed by atoms with Crippen molar-refractivity contribution in [2.75, 3.05) is 39.9 Å². The Morgan fingerprint density at radius 1 is 1.32 bits per heavy atom. The van der Waals surface area contributed by atoms with Crippen molar-refractivity contribution in [3.05, 3.63) is 0 Å². The Balaban J connectivity index is 1.90. The van der Waals surface area contributed by atoms with Crippen molar-refractivity contribution in [1.82, 2.24) is 15.2 Å². The molecule has 0 unspecified atom stereocenters. The van der Waals surface area contributed by atoms with E-state index in [-0.39, 0.29) is 17.9 Å². The fourth-order valence-electron chi connectivity index (χ4n) is 2.83. The van der Waals surface area contributed by atoms with Gasteiger partial charge in [0.1, 0.15) is 5.71 Å². The molecule has 0 radical (unpaired) electrons. The minimum absolute atomic E-state index is 0.0510. The van der Waals surface area contributed by atoms with E-state index in [1.165, 1.54) is 5.01 Å². The van der Waals surface area contributed by atoms with E-state index >= 15 is 0 Å². The van der Waals surface area contributed by atoms with Crippen LogP contribution in [-0.2, 0) is 14.3 Å². The molecule has 7 nitrogen and oxygen atoms in total. The lowest BCUT2D eigenvalue weighted by Gasteiger charge is -2.37. The molecule has 124 valence electrons. The number of amides is 2. The molecule has 0 aromatic heterocycles. The van der Waals surface area contributed by atoms with Gasteiger partial charge in [0.25, 0.3) is 5.91 Å². The molecule has 1 saturated heterocycles. The fraction of sp³-hybridized carbons (Fsp3) is 0.800. The molecule has 0 aromatic rings. The number of ether oxygens (including phenoxy) is 1. The fourth-order valence-corrected chi connectivity index (χ4v) is 2.83. The second-order valence-electron chi connectivity index (χ2n) is 6.13. The number of nitrogens with zero attached hydrogens (tertiary/aromatic N) is 3. The van der Waals surface area contributed by atoms with E-state index in [9.17, 15) is 9.59 Å². The van der Waals surface area contributed by atoms with Crippen LogP contribution in [0.25, 0.3) is 0 Å². The molecule has 2 aliphatic heterocycles. The number of hydrogen-bond acceptors (Lipinski definition) is 5. The quantitative estimate of drug-likeness (QED) is 0.780. The number of rotatable bonds is 5. The predicted octanol–water partition coefficient (Wildman–Crippen LogP) is 0.0676. The van der Waals surface area contributed by atoms with Crippen molar-refractivity contribution in [2.45, 2.75) is 32.7 Å². The number of nitrogens with one attached hydrogen (secondary N) is 1. The molecule has 1 atom stereocenters. The second kappa shape index (κ2) is 7.69. The van der Waals surface area contributed by atoms with Gasteiger partial charge in [-0.15, -0.1) is 0 Å². The average molecular weight is 310 g/mol. The van der Waals surface area contributed by atoms with Gasteiger partial charge in [0.2, 0.25) is 5.91 Å². The average Bonchev–Trinajstić information content (AvgIpc) is 2.50. The number of hydrazone groups is 1. The minimum atomic E-state index is -0.168. The highest BCUT2D eigenvalue weighted by Crippen LogP contribution is 2.13. The second-order valence-corrected chi connectivity index (χ2v) is 6.13. The Morgan fingerprint density at radius 2 is 2.00 bits per heavy atom. The van der Waals surface area contributed by atoms with Crippen LogP contribution < -0.4 is 5.32 Å². The first-order valence-corrected chi connectivity index (χ1v) is 7.93. The molecule has 2 aliphatic rings. The maximum atomic E-state index is 12.2. The van der Waals surface area contributed by atoms with Crippen LogP contribution in [0.5, 0.6) is 0 Å². The van der Waals surface area contributed by atoms with Crippen LogP contribution in [0.3, 0.4) is 0 Å². The number of carbonyl (C=O) groups is 2. The van der Waals surface area contributed by atoms with E-state index in [1.807, 2.05) is 0 Å². The maximum absolute atomic E-state index is 12.2. The molecular weight excluding hydrogens is 284 g/mol. The van der Waals surface area contributed by atoms with Crippen LogP contribution in [-0.4, -0.2) is 73.4 Å². The molecule has 0 saturated carbocycles. The van der Waals surface area contributed by atoms with Crippen molar-refractivity contribution in [2.24, 2.45) is 11.0 Å². The van der Waals surface area contributed by atoms with E-state index in [2.05, 4.69) is 29.2 Å². The lowest BCUT2D eigenvalue weighted by atomic mass is 10.0. The molecule has 0 aliphatic carbocycles. The van der Waals surface area contributed by atoms with E-state index in [0.717, 1.165) is 26.3 Å². The minimum Gasteiger partial charge on any atom is -0.379 e. The highest BCUT2D eigenvalue weighted by Gasteiger charge is 2.26. The molecular formula is C15H26N4O3. The zero-order valence-corrected chi connectivity index (χ0v) is 13.7. The first kappa shape index (κ1) is 16.9. The van der Waals surface area contributed by atoms with Gasteiger partial charge in [-0.05, 0) is 5.92 Å². The van der Waals surface area contributed by atoms with Crippen molar-refractivity contribution >= 4 is 17.5 Å². The SMILES string of the molecule is CC(C)[C@@H](CNC(=O)C1=NN(C)C(=O)CC1)N1CCOCC1. The van der Waals surface area contributed by atoms with Crippen molar-refractivity contribution < 1.29 is 14.3 Å². The van der Waals surface area contributed by atoms with Crippen molar-refractivity contribution in [3.63, 3.8) is 0 Å². The molecule has 1 fully saturated rings. The normalized spacial score (nSPS) is 21.7. The van der Waals surface area contributed by atoms with Gasteiger partial charge in [-0.25, -0.2) is 5.01 Å². The molecule has 0 aromatic carbocycles. The van der Waals surface area contributed by atoms with Gasteiger partial charge in [-0.1, -0.05) is 13.8 Å². The number of morpholine rings is 1. The summed E-state index contributed by atoms with van der Waals surface area (Å²) in [5.74, 6) is 0.221. The number of hydrogen-bond donors (Lipinski definition) is 1. The van der Waals surface area contributed by atoms with E-state index in [1.54, 1.807) is 7.05 Å². The van der Waals surface area contributed by atoms with E-state index in [0.29, 0.717) is 31.0 Å². The summed E-state index contributed by atoms with van der Waals surface area (Å²) in [4.78, 5) is 26.0. The molecule has 1 N–H and O–H groups in total. The molecule has 0 bridgehead atoms. The third-order valence-electron chi connectivity index (χ3n) is 4.23. The van der Waals surface area contributed by atoms with Gasteiger partial charge in [-0.3, -0.25) is 14.5 Å². The zero-order chi connectivity index (χ0) is 16.1. The van der Waals surface area contributed by atoms with Gasteiger partial charge in [-0.2, -0.15) is 5.10 Å². The Morgan fingerprint density at radius 3 is 2.59 bits per heavy atom. The summed E-state index contributed by atoms with van der Waals surface area (Å²) in [7, 11) is 1.58. The highest BCUT2D eigenvalue weighted by molar-refractivity contribution is 6.39. The first-order chi connectivity index (χ1) is 10.5. The van der Waals surface area contributed by atoms with Crippen molar-refractivity contribution in [3.8, 4) is 0 Å². The Kier molecular flexibility index (Phi) is 5.90. The maximum Gasteiger partial charge on any atom is 0.267 e. The van der Waals surface area contributed by atoms with Gasteiger partial charge >= 0.3 is 0 Å². The lowest BCUT2D eigenvalue weighted by molar-refractivity contribution is -0.130. The largest absolute Gasteiger partial charge is 0.379 e. The summed E-state index contributed by atoms with van der Waals surface area (Å²) in [6.45, 7) is 8.21. The standard InChI is InChI=1S/C15H26N4O3/c1-11(2)13(19-6-8-22-9-7-19)10-16-15(21)12-4-5-14(20)18(3)17-12/h11,13H,4-10H2,1-3H3,(H,16,21)/t13-/m1/s1. The van der Waals surface area contributed by atoms with E-state index in [4.69, 9.17) is 4.74 Å². The van der Waals surface area contributed by atoms with Crippen LogP contribution >= 0.6 is 0 Å². The summed E-state index contributed by atoms with van der Waals surface area (Å²) < 4.78 is 5.39. The Hall–Kier alpha value is -1.47. The predicted molar refractivity (Wildman–Crippen MR) is 83.5 cm³/mol. The van der Waals surface area contributed by atoms with Gasteiger partial charge in [0.15, 0.2) is 0 Å². The summed E-state index contributed by atoms with van der Waals surface area (Å²) >= 11 is 0. The molecule has 2 heterocycles. The summed E-state index contributed by atoms with van der Waals surface area (Å²) in [5, 5.41) is 8.28.